The van der Waals surface area contributed by atoms with Crippen LogP contribution in [0.5, 0.6) is 0 Å². The van der Waals surface area contributed by atoms with Crippen LogP contribution in [-0.2, 0) is 12.8 Å². The predicted octanol–water partition coefficient (Wildman–Crippen LogP) is 4.28. The van der Waals surface area contributed by atoms with Gasteiger partial charge in [0.1, 0.15) is 5.82 Å². The summed E-state index contributed by atoms with van der Waals surface area (Å²) in [4.78, 5) is 0. The van der Waals surface area contributed by atoms with E-state index in [0.29, 0.717) is 16.6 Å². The molecule has 0 radical (unpaired) electrons. The smallest absolute Gasteiger partial charge is 0.390 e. The summed E-state index contributed by atoms with van der Waals surface area (Å²) in [6.45, 7) is -0.369. The van der Waals surface area contributed by atoms with Crippen LogP contribution < -0.4 is 0 Å². The molecule has 6 heteroatoms. The Balaban J connectivity index is 2.25. The van der Waals surface area contributed by atoms with Crippen LogP contribution in [0.1, 0.15) is 11.3 Å². The van der Waals surface area contributed by atoms with Crippen LogP contribution in [0.4, 0.5) is 17.6 Å². The summed E-state index contributed by atoms with van der Waals surface area (Å²) in [5.74, 6) is -0.446. The fraction of sp³-hybridized carbons (Fsp3) is 0.125. The molecule has 0 spiro atoms. The molecule has 1 heterocycles. The third-order valence-electron chi connectivity index (χ3n) is 3.43. The molecule has 1 N–H and O–H groups in total. The van der Waals surface area contributed by atoms with Crippen LogP contribution in [0.3, 0.4) is 0 Å². The summed E-state index contributed by atoms with van der Waals surface area (Å²) in [7, 11) is 0. The molecule has 0 atom stereocenters. The van der Waals surface area contributed by atoms with Crippen molar-refractivity contribution in [1.29, 1.82) is 0 Å². The Morgan fingerprint density at radius 3 is 2.45 bits per heavy atom. The minimum Gasteiger partial charge on any atom is -0.390 e. The molecular weight excluding hydrogens is 298 g/mol. The van der Waals surface area contributed by atoms with E-state index in [1.54, 1.807) is 6.07 Å². The van der Waals surface area contributed by atoms with E-state index < -0.39 is 17.6 Å². The van der Waals surface area contributed by atoms with Crippen molar-refractivity contribution >= 4 is 10.9 Å². The van der Waals surface area contributed by atoms with Gasteiger partial charge < -0.3 is 9.67 Å². The largest absolute Gasteiger partial charge is 0.416 e. The van der Waals surface area contributed by atoms with E-state index in [-0.39, 0.29) is 12.3 Å². The molecule has 0 aliphatic carbocycles. The Morgan fingerprint density at radius 1 is 1.00 bits per heavy atom. The minimum absolute atomic E-state index is 0.264. The van der Waals surface area contributed by atoms with Crippen molar-refractivity contribution in [3.63, 3.8) is 0 Å². The Morgan fingerprint density at radius 2 is 1.77 bits per heavy atom. The SMILES string of the molecule is OCc1cc2cc(F)ccc2n1-c1cccc(C(F)(F)F)c1. The predicted molar refractivity (Wildman–Crippen MR) is 74.2 cm³/mol. The Kier molecular flexibility index (Phi) is 3.41. The molecule has 22 heavy (non-hydrogen) atoms. The molecule has 0 saturated heterocycles. The molecule has 114 valence electrons. The lowest BCUT2D eigenvalue weighted by Crippen LogP contribution is -2.07. The van der Waals surface area contributed by atoms with E-state index >= 15 is 0 Å². The normalized spacial score (nSPS) is 12.0. The fourth-order valence-corrected chi connectivity index (χ4v) is 2.49. The van der Waals surface area contributed by atoms with E-state index in [2.05, 4.69) is 0 Å². The highest BCUT2D eigenvalue weighted by Gasteiger charge is 2.30. The van der Waals surface area contributed by atoms with Crippen molar-refractivity contribution in [2.24, 2.45) is 0 Å². The van der Waals surface area contributed by atoms with Crippen LogP contribution in [-0.4, -0.2) is 9.67 Å². The molecule has 0 amide bonds. The molecule has 0 unspecified atom stereocenters. The summed E-state index contributed by atoms with van der Waals surface area (Å²) in [6, 6.07) is 10.3. The average molecular weight is 309 g/mol. The van der Waals surface area contributed by atoms with Crippen LogP contribution in [0.15, 0.2) is 48.5 Å². The number of aliphatic hydroxyl groups excluding tert-OH is 1. The van der Waals surface area contributed by atoms with Gasteiger partial charge in [0, 0.05) is 16.8 Å². The monoisotopic (exact) mass is 309 g/mol. The summed E-state index contributed by atoms with van der Waals surface area (Å²) in [5.41, 5.74) is 0.406. The topological polar surface area (TPSA) is 25.2 Å². The Labute approximate surface area is 123 Å². The van der Waals surface area contributed by atoms with E-state index in [9.17, 15) is 22.7 Å². The molecule has 2 nitrogen and oxygen atoms in total. The fourth-order valence-electron chi connectivity index (χ4n) is 2.49. The van der Waals surface area contributed by atoms with Crippen molar-refractivity contribution in [3.8, 4) is 5.69 Å². The number of alkyl halides is 3. The first kappa shape index (κ1) is 14.6. The average Bonchev–Trinajstić information content (AvgIpc) is 2.84. The molecular formula is C16H11F4NO. The van der Waals surface area contributed by atoms with Crippen molar-refractivity contribution in [2.75, 3.05) is 0 Å². The quantitative estimate of drug-likeness (QED) is 0.702. The molecule has 0 aliphatic rings. The zero-order valence-corrected chi connectivity index (χ0v) is 11.2. The number of nitrogens with zero attached hydrogens (tertiary/aromatic N) is 1. The summed E-state index contributed by atoms with van der Waals surface area (Å²) in [5, 5.41) is 9.96. The van der Waals surface area contributed by atoms with Gasteiger partial charge in [-0.05, 0) is 42.5 Å². The van der Waals surface area contributed by atoms with Gasteiger partial charge in [0.15, 0.2) is 0 Å². The second kappa shape index (κ2) is 5.14. The van der Waals surface area contributed by atoms with Crippen molar-refractivity contribution in [2.45, 2.75) is 12.8 Å². The number of fused-ring (bicyclic) bond motifs is 1. The van der Waals surface area contributed by atoms with Gasteiger partial charge in [0.2, 0.25) is 0 Å². The van der Waals surface area contributed by atoms with E-state index in [0.717, 1.165) is 12.1 Å². The second-order valence-electron chi connectivity index (χ2n) is 4.88. The number of benzene rings is 2. The number of rotatable bonds is 2. The zero-order valence-electron chi connectivity index (χ0n) is 11.2. The molecule has 0 bridgehead atoms. The third kappa shape index (κ3) is 2.46. The van der Waals surface area contributed by atoms with Crippen LogP contribution in [0, 0.1) is 5.82 Å². The Hall–Kier alpha value is -2.34. The highest BCUT2D eigenvalue weighted by atomic mass is 19.4. The standard InChI is InChI=1S/C16H11F4NO/c17-12-4-5-15-10(6-12)7-14(9-22)21(15)13-3-1-2-11(8-13)16(18,19)20/h1-8,22H,9H2. The number of hydrogen-bond donors (Lipinski definition) is 1. The van der Waals surface area contributed by atoms with Gasteiger partial charge in [-0.15, -0.1) is 0 Å². The lowest BCUT2D eigenvalue weighted by atomic mass is 10.2. The van der Waals surface area contributed by atoms with Crippen molar-refractivity contribution in [1.82, 2.24) is 4.57 Å². The van der Waals surface area contributed by atoms with Gasteiger partial charge in [-0.25, -0.2) is 4.39 Å². The van der Waals surface area contributed by atoms with Gasteiger partial charge >= 0.3 is 6.18 Å². The second-order valence-corrected chi connectivity index (χ2v) is 4.88. The molecule has 0 saturated carbocycles. The molecule has 3 rings (SSSR count). The van der Waals surface area contributed by atoms with Crippen molar-refractivity contribution in [3.05, 3.63) is 65.6 Å². The lowest BCUT2D eigenvalue weighted by Gasteiger charge is -2.12. The third-order valence-corrected chi connectivity index (χ3v) is 3.43. The van der Waals surface area contributed by atoms with Gasteiger partial charge in [0.05, 0.1) is 17.7 Å². The lowest BCUT2D eigenvalue weighted by molar-refractivity contribution is -0.137. The maximum absolute atomic E-state index is 13.3. The molecule has 1 aromatic heterocycles. The first-order chi connectivity index (χ1) is 10.4. The molecule has 0 fully saturated rings. The first-order valence-corrected chi connectivity index (χ1v) is 6.48. The van der Waals surface area contributed by atoms with E-state index in [4.69, 9.17) is 0 Å². The van der Waals surface area contributed by atoms with Crippen LogP contribution in [0.2, 0.25) is 0 Å². The molecule has 2 aromatic carbocycles. The van der Waals surface area contributed by atoms with Gasteiger partial charge in [-0.1, -0.05) is 6.07 Å². The Bertz CT molecular complexity index is 836. The molecule has 0 aliphatic heterocycles. The van der Waals surface area contributed by atoms with Crippen molar-refractivity contribution < 1.29 is 22.7 Å². The van der Waals surface area contributed by atoms with Gasteiger partial charge in [0.25, 0.3) is 0 Å². The number of aliphatic hydroxyl groups is 1. The first-order valence-electron chi connectivity index (χ1n) is 6.48. The van der Waals surface area contributed by atoms with E-state index in [1.807, 2.05) is 0 Å². The summed E-state index contributed by atoms with van der Waals surface area (Å²) in [6.07, 6.45) is -4.45. The number of aromatic nitrogens is 1. The zero-order chi connectivity index (χ0) is 15.9. The van der Waals surface area contributed by atoms with Gasteiger partial charge in [-0.3, -0.25) is 0 Å². The summed E-state index contributed by atoms with van der Waals surface area (Å²) >= 11 is 0. The van der Waals surface area contributed by atoms with Crippen LogP contribution >= 0.6 is 0 Å². The molecule has 3 aromatic rings. The van der Waals surface area contributed by atoms with E-state index in [1.165, 1.54) is 34.9 Å². The van der Waals surface area contributed by atoms with Gasteiger partial charge in [-0.2, -0.15) is 13.2 Å². The van der Waals surface area contributed by atoms with Crippen LogP contribution in [0.25, 0.3) is 16.6 Å². The highest BCUT2D eigenvalue weighted by molar-refractivity contribution is 5.83. The highest BCUT2D eigenvalue weighted by Crippen LogP contribution is 2.32. The summed E-state index contributed by atoms with van der Waals surface area (Å²) < 4.78 is 53.3. The maximum atomic E-state index is 13.3. The number of hydrogen-bond acceptors (Lipinski definition) is 1. The minimum atomic E-state index is -4.45. The number of halogens is 4. The maximum Gasteiger partial charge on any atom is 0.416 e.